The average Bonchev–Trinajstić information content (AvgIpc) is 2.38. The van der Waals surface area contributed by atoms with Gasteiger partial charge in [-0.1, -0.05) is 24.3 Å². The molecule has 0 radical (unpaired) electrons. The Morgan fingerprint density at radius 2 is 2.17 bits per heavy atom. The highest BCUT2D eigenvalue weighted by atomic mass is 16.5. The Bertz CT molecular complexity index is 365. The van der Waals surface area contributed by atoms with E-state index >= 15 is 0 Å². The third kappa shape index (κ3) is 3.80. The second-order valence-corrected chi connectivity index (χ2v) is 5.17. The fraction of sp³-hybridized carbons (Fsp3) is 0.600. The predicted molar refractivity (Wildman–Crippen MR) is 74.9 cm³/mol. The quantitative estimate of drug-likeness (QED) is 0.778. The van der Waals surface area contributed by atoms with E-state index in [1.54, 1.807) is 0 Å². The number of hydrogen-bond donors (Lipinski definition) is 1. The van der Waals surface area contributed by atoms with E-state index in [1.807, 2.05) is 0 Å². The van der Waals surface area contributed by atoms with Gasteiger partial charge in [-0.25, -0.2) is 0 Å². The molecular weight excluding hydrogens is 224 g/mol. The fourth-order valence-electron chi connectivity index (χ4n) is 2.40. The highest BCUT2D eigenvalue weighted by Crippen LogP contribution is 2.25. The van der Waals surface area contributed by atoms with Crippen LogP contribution in [0.25, 0.3) is 0 Å². The van der Waals surface area contributed by atoms with Crippen LogP contribution in [-0.4, -0.2) is 45.2 Å². The second-order valence-electron chi connectivity index (χ2n) is 5.17. The van der Waals surface area contributed by atoms with Gasteiger partial charge in [-0.15, -0.1) is 0 Å². The molecule has 1 atom stereocenters. The maximum Gasteiger partial charge on any atom is 0.0952 e. The average molecular weight is 248 g/mol. The van der Waals surface area contributed by atoms with Crippen LogP contribution in [0.3, 0.4) is 0 Å². The lowest BCUT2D eigenvalue weighted by atomic mass is 9.97. The Hall–Kier alpha value is -0.900. The van der Waals surface area contributed by atoms with Gasteiger partial charge in [-0.3, -0.25) is 0 Å². The third-order valence-electron chi connectivity index (χ3n) is 3.38. The van der Waals surface area contributed by atoms with E-state index in [1.165, 1.54) is 17.5 Å². The molecule has 0 unspecified atom stereocenters. The molecule has 3 heteroatoms. The van der Waals surface area contributed by atoms with Crippen molar-refractivity contribution in [3.8, 4) is 0 Å². The van der Waals surface area contributed by atoms with Gasteiger partial charge in [0, 0.05) is 6.54 Å². The standard InChI is InChI=1S/C15H24N2O/c1-17(2)10-5-9-16-12-15-14-7-4-3-6-13(14)8-11-18-15/h3-4,6-7,15-16H,5,8-12H2,1-2H3/t15-/m0/s1. The molecule has 100 valence electrons. The Morgan fingerprint density at radius 1 is 1.33 bits per heavy atom. The van der Waals surface area contributed by atoms with Gasteiger partial charge in [0.15, 0.2) is 0 Å². The summed E-state index contributed by atoms with van der Waals surface area (Å²) < 4.78 is 5.86. The number of ether oxygens (including phenoxy) is 1. The molecule has 0 aromatic heterocycles. The molecule has 1 N–H and O–H groups in total. The lowest BCUT2D eigenvalue weighted by molar-refractivity contribution is 0.0425. The lowest BCUT2D eigenvalue weighted by Crippen LogP contribution is -2.29. The third-order valence-corrected chi connectivity index (χ3v) is 3.38. The minimum absolute atomic E-state index is 0.231. The number of benzene rings is 1. The summed E-state index contributed by atoms with van der Waals surface area (Å²) >= 11 is 0. The maximum absolute atomic E-state index is 5.86. The Morgan fingerprint density at radius 3 is 3.00 bits per heavy atom. The van der Waals surface area contributed by atoms with Gasteiger partial charge in [-0.05, 0) is 51.2 Å². The predicted octanol–water partition coefficient (Wildman–Crippen LogP) is 1.84. The largest absolute Gasteiger partial charge is 0.372 e. The van der Waals surface area contributed by atoms with Crippen LogP contribution < -0.4 is 5.32 Å². The SMILES string of the molecule is CN(C)CCCNC[C@@H]1OCCc2ccccc21. The number of nitrogens with one attached hydrogen (secondary N) is 1. The van der Waals surface area contributed by atoms with Gasteiger partial charge in [0.1, 0.15) is 0 Å². The van der Waals surface area contributed by atoms with Crippen molar-refractivity contribution < 1.29 is 4.74 Å². The van der Waals surface area contributed by atoms with Crippen molar-refractivity contribution in [3.63, 3.8) is 0 Å². The summed E-state index contributed by atoms with van der Waals surface area (Å²) in [6.45, 7) is 3.96. The molecule has 0 saturated heterocycles. The number of nitrogens with zero attached hydrogens (tertiary/aromatic N) is 1. The zero-order valence-electron chi connectivity index (χ0n) is 11.5. The summed E-state index contributed by atoms with van der Waals surface area (Å²) in [5, 5.41) is 3.50. The molecule has 1 aromatic carbocycles. The molecule has 0 spiro atoms. The van der Waals surface area contributed by atoms with Crippen LogP contribution in [0.1, 0.15) is 23.7 Å². The van der Waals surface area contributed by atoms with Crippen molar-refractivity contribution >= 4 is 0 Å². The summed E-state index contributed by atoms with van der Waals surface area (Å²) in [6, 6.07) is 8.63. The molecule has 1 heterocycles. The summed E-state index contributed by atoms with van der Waals surface area (Å²) in [5.74, 6) is 0. The van der Waals surface area contributed by atoms with E-state index in [4.69, 9.17) is 4.74 Å². The first-order valence-corrected chi connectivity index (χ1v) is 6.82. The van der Waals surface area contributed by atoms with E-state index in [0.717, 1.165) is 32.7 Å². The van der Waals surface area contributed by atoms with Crippen molar-refractivity contribution in [2.45, 2.75) is 18.9 Å². The Labute approximate surface area is 110 Å². The first-order valence-electron chi connectivity index (χ1n) is 6.82. The van der Waals surface area contributed by atoms with Crippen LogP contribution in [0.15, 0.2) is 24.3 Å². The number of fused-ring (bicyclic) bond motifs is 1. The molecule has 0 bridgehead atoms. The molecule has 0 aliphatic carbocycles. The molecule has 1 aromatic rings. The molecular formula is C15H24N2O. The summed E-state index contributed by atoms with van der Waals surface area (Å²) in [5.41, 5.74) is 2.81. The van der Waals surface area contributed by atoms with Crippen molar-refractivity contribution in [2.24, 2.45) is 0 Å². The molecule has 1 aliphatic heterocycles. The van der Waals surface area contributed by atoms with Gasteiger partial charge in [0.25, 0.3) is 0 Å². The van der Waals surface area contributed by atoms with Crippen LogP contribution in [0.2, 0.25) is 0 Å². The highest BCUT2D eigenvalue weighted by Gasteiger charge is 2.19. The first-order chi connectivity index (χ1) is 8.77. The number of hydrogen-bond acceptors (Lipinski definition) is 3. The van der Waals surface area contributed by atoms with Gasteiger partial charge in [-0.2, -0.15) is 0 Å². The zero-order valence-corrected chi connectivity index (χ0v) is 11.5. The normalized spacial score (nSPS) is 18.9. The molecule has 3 nitrogen and oxygen atoms in total. The minimum atomic E-state index is 0.231. The molecule has 1 aliphatic rings. The maximum atomic E-state index is 5.86. The van der Waals surface area contributed by atoms with Crippen LogP contribution in [0.4, 0.5) is 0 Å². The van der Waals surface area contributed by atoms with Crippen molar-refractivity contribution in [3.05, 3.63) is 35.4 Å². The van der Waals surface area contributed by atoms with Gasteiger partial charge < -0.3 is 15.0 Å². The second kappa shape index (κ2) is 6.88. The van der Waals surface area contributed by atoms with Gasteiger partial charge in [0.2, 0.25) is 0 Å². The molecule has 0 saturated carbocycles. The van der Waals surface area contributed by atoms with Crippen LogP contribution in [-0.2, 0) is 11.2 Å². The fourth-order valence-corrected chi connectivity index (χ4v) is 2.40. The summed E-state index contributed by atoms with van der Waals surface area (Å²) in [6.07, 6.45) is 2.46. The van der Waals surface area contributed by atoms with Crippen molar-refractivity contribution in [1.29, 1.82) is 0 Å². The zero-order chi connectivity index (χ0) is 12.8. The van der Waals surface area contributed by atoms with Crippen LogP contribution >= 0.6 is 0 Å². The summed E-state index contributed by atoms with van der Waals surface area (Å²) in [4.78, 5) is 2.22. The van der Waals surface area contributed by atoms with Crippen molar-refractivity contribution in [1.82, 2.24) is 10.2 Å². The van der Waals surface area contributed by atoms with E-state index < -0.39 is 0 Å². The summed E-state index contributed by atoms with van der Waals surface area (Å²) in [7, 11) is 4.22. The molecule has 0 fully saturated rings. The monoisotopic (exact) mass is 248 g/mol. The molecule has 0 amide bonds. The highest BCUT2D eigenvalue weighted by molar-refractivity contribution is 5.31. The minimum Gasteiger partial charge on any atom is -0.372 e. The van der Waals surface area contributed by atoms with Crippen LogP contribution in [0, 0.1) is 0 Å². The smallest absolute Gasteiger partial charge is 0.0952 e. The lowest BCUT2D eigenvalue weighted by Gasteiger charge is -2.26. The first kappa shape index (κ1) is 13.5. The Balaban J connectivity index is 1.77. The van der Waals surface area contributed by atoms with E-state index in [2.05, 4.69) is 48.6 Å². The van der Waals surface area contributed by atoms with E-state index in [0.29, 0.717) is 0 Å². The molecule has 18 heavy (non-hydrogen) atoms. The topological polar surface area (TPSA) is 24.5 Å². The van der Waals surface area contributed by atoms with E-state index in [9.17, 15) is 0 Å². The van der Waals surface area contributed by atoms with Crippen molar-refractivity contribution in [2.75, 3.05) is 40.3 Å². The Kier molecular flexibility index (Phi) is 5.17. The molecule has 2 rings (SSSR count). The van der Waals surface area contributed by atoms with Gasteiger partial charge in [0.05, 0.1) is 12.7 Å². The number of rotatable bonds is 6. The van der Waals surface area contributed by atoms with E-state index in [-0.39, 0.29) is 6.10 Å². The van der Waals surface area contributed by atoms with Crippen LogP contribution in [0.5, 0.6) is 0 Å². The van der Waals surface area contributed by atoms with Gasteiger partial charge >= 0.3 is 0 Å².